The lowest BCUT2D eigenvalue weighted by Crippen LogP contribution is -2.43. The third-order valence-electron chi connectivity index (χ3n) is 3.14. The van der Waals surface area contributed by atoms with Gasteiger partial charge in [0.2, 0.25) is 0 Å². The Balaban J connectivity index is 1.72. The first-order chi connectivity index (χ1) is 8.42. The molecule has 0 spiro atoms. The number of aromatic nitrogens is 4. The highest BCUT2D eigenvalue weighted by atomic mass is 15.3. The van der Waals surface area contributed by atoms with Crippen LogP contribution in [-0.2, 0) is 13.0 Å². The molecule has 2 aromatic heterocycles. The Morgan fingerprint density at radius 1 is 1.29 bits per heavy atom. The molecule has 1 fully saturated rings. The number of pyridine rings is 1. The van der Waals surface area contributed by atoms with E-state index in [-0.39, 0.29) is 0 Å². The van der Waals surface area contributed by atoms with E-state index in [1.54, 1.807) is 0 Å². The molecule has 88 valence electrons. The standard InChI is InChI=1S/C12H15N5/c1-3-13-4-2-10(1)8-17-9-15-16-12(17)5-11-6-14-7-11/h1-4,9,11,14H,5-8H2. The monoisotopic (exact) mass is 229 g/mol. The first kappa shape index (κ1) is 10.4. The van der Waals surface area contributed by atoms with E-state index >= 15 is 0 Å². The Hall–Kier alpha value is -1.75. The summed E-state index contributed by atoms with van der Waals surface area (Å²) < 4.78 is 2.12. The normalized spacial score (nSPS) is 15.8. The number of hydrogen-bond donors (Lipinski definition) is 1. The van der Waals surface area contributed by atoms with Crippen molar-refractivity contribution in [3.63, 3.8) is 0 Å². The summed E-state index contributed by atoms with van der Waals surface area (Å²) >= 11 is 0. The van der Waals surface area contributed by atoms with Crippen molar-refractivity contribution in [1.82, 2.24) is 25.1 Å². The maximum absolute atomic E-state index is 4.20. The summed E-state index contributed by atoms with van der Waals surface area (Å²) in [7, 11) is 0. The van der Waals surface area contributed by atoms with Gasteiger partial charge in [-0.05, 0) is 36.7 Å². The summed E-state index contributed by atoms with van der Waals surface area (Å²) in [5.74, 6) is 1.80. The Bertz CT molecular complexity index is 475. The third-order valence-corrected chi connectivity index (χ3v) is 3.14. The molecular formula is C12H15N5. The zero-order chi connectivity index (χ0) is 11.5. The van der Waals surface area contributed by atoms with Gasteiger partial charge in [-0.15, -0.1) is 10.2 Å². The molecule has 0 unspecified atom stereocenters. The highest BCUT2D eigenvalue weighted by Crippen LogP contribution is 2.11. The van der Waals surface area contributed by atoms with Crippen LogP contribution in [0.4, 0.5) is 0 Å². The molecule has 0 aromatic carbocycles. The van der Waals surface area contributed by atoms with Crippen LogP contribution in [0.1, 0.15) is 11.4 Å². The molecule has 2 aromatic rings. The molecule has 17 heavy (non-hydrogen) atoms. The van der Waals surface area contributed by atoms with Crippen LogP contribution >= 0.6 is 0 Å². The fraction of sp³-hybridized carbons (Fsp3) is 0.417. The summed E-state index contributed by atoms with van der Waals surface area (Å²) in [6, 6.07) is 4.05. The van der Waals surface area contributed by atoms with E-state index < -0.39 is 0 Å². The average molecular weight is 229 g/mol. The number of nitrogens with zero attached hydrogens (tertiary/aromatic N) is 4. The van der Waals surface area contributed by atoms with Gasteiger partial charge in [0.15, 0.2) is 0 Å². The Kier molecular flexibility index (Phi) is 2.83. The zero-order valence-corrected chi connectivity index (χ0v) is 9.58. The highest BCUT2D eigenvalue weighted by Gasteiger charge is 2.19. The molecule has 1 N–H and O–H groups in total. The van der Waals surface area contributed by atoms with Crippen LogP contribution < -0.4 is 5.32 Å². The van der Waals surface area contributed by atoms with Gasteiger partial charge in [0.1, 0.15) is 12.2 Å². The minimum Gasteiger partial charge on any atom is -0.316 e. The summed E-state index contributed by atoms with van der Waals surface area (Å²) in [5.41, 5.74) is 1.23. The maximum Gasteiger partial charge on any atom is 0.133 e. The molecule has 0 radical (unpaired) electrons. The van der Waals surface area contributed by atoms with Crippen molar-refractivity contribution >= 4 is 0 Å². The lowest BCUT2D eigenvalue weighted by molar-refractivity contribution is 0.337. The van der Waals surface area contributed by atoms with Crippen LogP contribution in [0.25, 0.3) is 0 Å². The quantitative estimate of drug-likeness (QED) is 0.828. The first-order valence-electron chi connectivity index (χ1n) is 5.88. The minimum absolute atomic E-state index is 0.718. The Labute approximate surface area is 99.9 Å². The van der Waals surface area contributed by atoms with Crippen LogP contribution in [0.5, 0.6) is 0 Å². The molecule has 1 saturated heterocycles. The van der Waals surface area contributed by atoms with Crippen LogP contribution in [0.15, 0.2) is 30.9 Å². The smallest absolute Gasteiger partial charge is 0.133 e. The van der Waals surface area contributed by atoms with E-state index in [0.29, 0.717) is 0 Å². The number of nitrogens with one attached hydrogen (secondary N) is 1. The maximum atomic E-state index is 4.20. The molecule has 1 aliphatic rings. The largest absolute Gasteiger partial charge is 0.316 e. The van der Waals surface area contributed by atoms with E-state index in [9.17, 15) is 0 Å². The van der Waals surface area contributed by atoms with Crippen molar-refractivity contribution in [2.75, 3.05) is 13.1 Å². The SMILES string of the molecule is c1cc(Cn2cnnc2CC2CNC2)ccn1. The molecule has 0 aliphatic carbocycles. The first-order valence-corrected chi connectivity index (χ1v) is 5.88. The van der Waals surface area contributed by atoms with Crippen LogP contribution in [0, 0.1) is 5.92 Å². The predicted molar refractivity (Wildman–Crippen MR) is 63.4 cm³/mol. The van der Waals surface area contributed by atoms with Crippen molar-refractivity contribution in [3.05, 3.63) is 42.2 Å². The molecule has 0 atom stereocenters. The summed E-state index contributed by atoms with van der Waals surface area (Å²) in [4.78, 5) is 4.02. The van der Waals surface area contributed by atoms with E-state index in [1.165, 1.54) is 5.56 Å². The van der Waals surface area contributed by atoms with E-state index in [4.69, 9.17) is 0 Å². The minimum atomic E-state index is 0.718. The fourth-order valence-electron chi connectivity index (χ4n) is 2.00. The third kappa shape index (κ3) is 2.34. The van der Waals surface area contributed by atoms with Crippen molar-refractivity contribution in [2.45, 2.75) is 13.0 Å². The molecule has 5 heteroatoms. The van der Waals surface area contributed by atoms with Crippen molar-refractivity contribution in [1.29, 1.82) is 0 Å². The van der Waals surface area contributed by atoms with Crippen molar-refractivity contribution in [2.24, 2.45) is 5.92 Å². The molecule has 1 aliphatic heterocycles. The van der Waals surface area contributed by atoms with Crippen LogP contribution in [0.3, 0.4) is 0 Å². The molecule has 0 amide bonds. The second kappa shape index (κ2) is 4.63. The number of rotatable bonds is 4. The van der Waals surface area contributed by atoms with Gasteiger partial charge in [-0.25, -0.2) is 0 Å². The van der Waals surface area contributed by atoms with Gasteiger partial charge in [-0.2, -0.15) is 0 Å². The van der Waals surface area contributed by atoms with Gasteiger partial charge in [0.05, 0.1) is 6.54 Å². The zero-order valence-electron chi connectivity index (χ0n) is 9.58. The van der Waals surface area contributed by atoms with Gasteiger partial charge in [0, 0.05) is 18.8 Å². The summed E-state index contributed by atoms with van der Waals surface area (Å²) in [6.07, 6.45) is 6.45. The Morgan fingerprint density at radius 2 is 2.12 bits per heavy atom. The van der Waals surface area contributed by atoms with Gasteiger partial charge >= 0.3 is 0 Å². The molecule has 5 nitrogen and oxygen atoms in total. The Morgan fingerprint density at radius 3 is 2.82 bits per heavy atom. The predicted octanol–water partition coefficient (Wildman–Crippen LogP) is 0.483. The fourth-order valence-corrected chi connectivity index (χ4v) is 2.00. The highest BCUT2D eigenvalue weighted by molar-refractivity contribution is 5.11. The average Bonchev–Trinajstić information content (AvgIpc) is 2.72. The lowest BCUT2D eigenvalue weighted by atomic mass is 9.99. The summed E-state index contributed by atoms with van der Waals surface area (Å²) in [5, 5.41) is 11.5. The van der Waals surface area contributed by atoms with Gasteiger partial charge in [0.25, 0.3) is 0 Å². The van der Waals surface area contributed by atoms with E-state index in [2.05, 4.69) is 25.1 Å². The molecular weight excluding hydrogens is 214 g/mol. The lowest BCUT2D eigenvalue weighted by Gasteiger charge is -2.26. The van der Waals surface area contributed by atoms with Gasteiger partial charge in [-0.3, -0.25) is 4.98 Å². The summed E-state index contributed by atoms with van der Waals surface area (Å²) in [6.45, 7) is 3.02. The van der Waals surface area contributed by atoms with E-state index in [0.717, 1.165) is 37.8 Å². The molecule has 3 heterocycles. The van der Waals surface area contributed by atoms with Crippen LogP contribution in [-0.4, -0.2) is 32.8 Å². The topological polar surface area (TPSA) is 55.6 Å². The van der Waals surface area contributed by atoms with Crippen LogP contribution in [0.2, 0.25) is 0 Å². The second-order valence-corrected chi connectivity index (χ2v) is 4.46. The molecule has 0 saturated carbocycles. The van der Waals surface area contributed by atoms with Crippen molar-refractivity contribution < 1.29 is 0 Å². The number of hydrogen-bond acceptors (Lipinski definition) is 4. The van der Waals surface area contributed by atoms with Crippen molar-refractivity contribution in [3.8, 4) is 0 Å². The molecule has 0 bridgehead atoms. The van der Waals surface area contributed by atoms with Gasteiger partial charge in [-0.1, -0.05) is 0 Å². The molecule has 3 rings (SSSR count). The second-order valence-electron chi connectivity index (χ2n) is 4.46. The van der Waals surface area contributed by atoms with E-state index in [1.807, 2.05) is 30.9 Å². The van der Waals surface area contributed by atoms with Gasteiger partial charge < -0.3 is 9.88 Å².